The van der Waals surface area contributed by atoms with Crippen molar-refractivity contribution in [1.29, 1.82) is 0 Å². The van der Waals surface area contributed by atoms with Gasteiger partial charge in [-0.25, -0.2) is 0 Å². The third-order valence-electron chi connectivity index (χ3n) is 4.36. The summed E-state index contributed by atoms with van der Waals surface area (Å²) in [6, 6.07) is 8.31. The largest absolute Gasteiger partial charge is 0.352 e. The fourth-order valence-corrected chi connectivity index (χ4v) is 3.13. The van der Waals surface area contributed by atoms with E-state index in [0.29, 0.717) is 18.3 Å². The Balaban J connectivity index is 2.05. The molecule has 120 valence electrons. The van der Waals surface area contributed by atoms with Crippen molar-refractivity contribution in [3.8, 4) is 0 Å². The van der Waals surface area contributed by atoms with Gasteiger partial charge in [-0.2, -0.15) is 0 Å². The molecule has 2 heterocycles. The summed E-state index contributed by atoms with van der Waals surface area (Å²) >= 11 is 0. The van der Waals surface area contributed by atoms with Crippen molar-refractivity contribution < 1.29 is 4.79 Å². The highest BCUT2D eigenvalue weighted by Crippen LogP contribution is 2.30. The molecule has 0 unspecified atom stereocenters. The molecule has 1 aromatic carbocycles. The molecule has 1 aromatic heterocycles. The van der Waals surface area contributed by atoms with Crippen molar-refractivity contribution in [2.45, 2.75) is 32.2 Å². The molecule has 1 fully saturated rings. The third kappa shape index (κ3) is 3.04. The van der Waals surface area contributed by atoms with E-state index in [0.717, 1.165) is 29.6 Å². The van der Waals surface area contributed by atoms with Crippen molar-refractivity contribution >= 4 is 22.5 Å². The molecule has 5 heteroatoms. The summed E-state index contributed by atoms with van der Waals surface area (Å²) in [5.41, 5.74) is 0.371. The number of rotatable bonds is 4. The van der Waals surface area contributed by atoms with Gasteiger partial charge in [-0.05, 0) is 26.2 Å². The molecule has 1 N–H and O–H groups in total. The van der Waals surface area contributed by atoms with Crippen LogP contribution in [0.3, 0.4) is 0 Å². The van der Waals surface area contributed by atoms with Gasteiger partial charge >= 0.3 is 0 Å². The molecule has 0 radical (unpaired) electrons. The molecular formula is C18H22N4O. The predicted octanol–water partition coefficient (Wildman–Crippen LogP) is 2.92. The lowest BCUT2D eigenvalue weighted by atomic mass is 10.0. The van der Waals surface area contributed by atoms with E-state index in [1.54, 1.807) is 6.08 Å². The van der Waals surface area contributed by atoms with Crippen LogP contribution in [0.1, 0.15) is 36.7 Å². The number of nitrogens with one attached hydrogen (secondary N) is 1. The first kappa shape index (κ1) is 15.5. The van der Waals surface area contributed by atoms with Gasteiger partial charge in [0.25, 0.3) is 5.91 Å². The van der Waals surface area contributed by atoms with Gasteiger partial charge in [0.2, 0.25) is 0 Å². The van der Waals surface area contributed by atoms with Gasteiger partial charge in [0.05, 0.1) is 0 Å². The number of piperidine rings is 1. The molecule has 0 saturated carbocycles. The fraction of sp³-hybridized carbons (Fsp3) is 0.389. The van der Waals surface area contributed by atoms with Crippen LogP contribution in [0.5, 0.6) is 0 Å². The highest BCUT2D eigenvalue weighted by atomic mass is 16.1. The Kier molecular flexibility index (Phi) is 4.55. The van der Waals surface area contributed by atoms with Crippen LogP contribution in [-0.2, 0) is 0 Å². The lowest BCUT2D eigenvalue weighted by Crippen LogP contribution is -2.38. The van der Waals surface area contributed by atoms with E-state index in [1.807, 2.05) is 24.3 Å². The molecule has 1 saturated heterocycles. The van der Waals surface area contributed by atoms with Gasteiger partial charge in [-0.1, -0.05) is 30.3 Å². The van der Waals surface area contributed by atoms with Crippen molar-refractivity contribution in [2.24, 2.45) is 0 Å². The maximum Gasteiger partial charge on any atom is 0.272 e. The van der Waals surface area contributed by atoms with Gasteiger partial charge in [0.1, 0.15) is 0 Å². The SMILES string of the molecule is C=CCNC(=O)c1nnc(N2CCCC[C@H]2C)c2ccccc12. The Hall–Kier alpha value is -2.43. The molecule has 2 aromatic rings. The first-order chi connectivity index (χ1) is 11.2. The number of hydrogen-bond acceptors (Lipinski definition) is 4. The topological polar surface area (TPSA) is 58.1 Å². The fourth-order valence-electron chi connectivity index (χ4n) is 3.13. The van der Waals surface area contributed by atoms with Crippen LogP contribution in [0.25, 0.3) is 10.8 Å². The second kappa shape index (κ2) is 6.77. The van der Waals surface area contributed by atoms with Crippen LogP contribution in [-0.4, -0.2) is 35.2 Å². The number of anilines is 1. The number of amides is 1. The zero-order chi connectivity index (χ0) is 16.2. The monoisotopic (exact) mass is 310 g/mol. The Morgan fingerprint density at radius 3 is 2.87 bits per heavy atom. The number of carbonyl (C=O) groups is 1. The molecule has 0 bridgehead atoms. The van der Waals surface area contributed by atoms with Gasteiger partial charge in [-0.3, -0.25) is 4.79 Å². The average Bonchev–Trinajstić information content (AvgIpc) is 2.59. The van der Waals surface area contributed by atoms with Crippen LogP contribution in [0, 0.1) is 0 Å². The maximum absolute atomic E-state index is 12.3. The van der Waals surface area contributed by atoms with Crippen LogP contribution in [0.4, 0.5) is 5.82 Å². The van der Waals surface area contributed by atoms with E-state index >= 15 is 0 Å². The molecule has 1 amide bonds. The van der Waals surface area contributed by atoms with Crippen LogP contribution < -0.4 is 10.2 Å². The first-order valence-electron chi connectivity index (χ1n) is 8.13. The van der Waals surface area contributed by atoms with Crippen LogP contribution in [0.2, 0.25) is 0 Å². The summed E-state index contributed by atoms with van der Waals surface area (Å²) in [4.78, 5) is 14.6. The highest BCUT2D eigenvalue weighted by molar-refractivity contribution is 6.07. The van der Waals surface area contributed by atoms with Crippen molar-refractivity contribution in [3.05, 3.63) is 42.6 Å². The molecular weight excluding hydrogens is 288 g/mol. The number of benzene rings is 1. The van der Waals surface area contributed by atoms with E-state index < -0.39 is 0 Å². The average molecular weight is 310 g/mol. The standard InChI is InChI=1S/C18H22N4O/c1-3-11-19-18(23)16-14-9-4-5-10-15(14)17(21-20-16)22-12-7-6-8-13(22)2/h3-5,9-10,13H,1,6-8,11-12H2,2H3,(H,19,23)/t13-/m1/s1. The molecule has 23 heavy (non-hydrogen) atoms. The Morgan fingerprint density at radius 1 is 1.35 bits per heavy atom. The summed E-state index contributed by atoms with van der Waals surface area (Å²) in [5.74, 6) is 0.667. The predicted molar refractivity (Wildman–Crippen MR) is 92.7 cm³/mol. The lowest BCUT2D eigenvalue weighted by Gasteiger charge is -2.34. The molecule has 1 aliphatic rings. The number of fused-ring (bicyclic) bond motifs is 1. The van der Waals surface area contributed by atoms with Crippen LogP contribution in [0.15, 0.2) is 36.9 Å². The minimum atomic E-state index is -0.216. The van der Waals surface area contributed by atoms with E-state index in [9.17, 15) is 4.79 Å². The molecule has 3 rings (SSSR count). The zero-order valence-corrected chi connectivity index (χ0v) is 13.5. The summed E-state index contributed by atoms with van der Waals surface area (Å²) in [6.45, 7) is 7.24. The minimum Gasteiger partial charge on any atom is -0.352 e. The third-order valence-corrected chi connectivity index (χ3v) is 4.36. The molecule has 1 atom stereocenters. The van der Waals surface area contributed by atoms with E-state index in [-0.39, 0.29) is 5.91 Å². The quantitative estimate of drug-likeness (QED) is 0.882. The highest BCUT2D eigenvalue weighted by Gasteiger charge is 2.23. The van der Waals surface area contributed by atoms with E-state index in [1.165, 1.54) is 12.8 Å². The number of hydrogen-bond donors (Lipinski definition) is 1. The normalized spacial score (nSPS) is 18.0. The second-order valence-corrected chi connectivity index (χ2v) is 5.95. The summed E-state index contributed by atoms with van der Waals surface area (Å²) in [7, 11) is 0. The number of carbonyl (C=O) groups excluding carboxylic acids is 1. The zero-order valence-electron chi connectivity index (χ0n) is 13.5. The Labute approximate surface area is 136 Å². The smallest absolute Gasteiger partial charge is 0.272 e. The van der Waals surface area contributed by atoms with Crippen LogP contribution >= 0.6 is 0 Å². The lowest BCUT2D eigenvalue weighted by molar-refractivity contribution is 0.0954. The summed E-state index contributed by atoms with van der Waals surface area (Å²) in [6.07, 6.45) is 5.24. The van der Waals surface area contributed by atoms with Crippen molar-refractivity contribution in [2.75, 3.05) is 18.0 Å². The maximum atomic E-state index is 12.3. The Morgan fingerprint density at radius 2 is 2.13 bits per heavy atom. The van der Waals surface area contributed by atoms with Crippen molar-refractivity contribution in [3.63, 3.8) is 0 Å². The minimum absolute atomic E-state index is 0.216. The first-order valence-corrected chi connectivity index (χ1v) is 8.13. The second-order valence-electron chi connectivity index (χ2n) is 5.95. The molecule has 0 spiro atoms. The van der Waals surface area contributed by atoms with Gasteiger partial charge in [-0.15, -0.1) is 16.8 Å². The number of aromatic nitrogens is 2. The van der Waals surface area contributed by atoms with E-state index in [2.05, 4.69) is 33.9 Å². The van der Waals surface area contributed by atoms with Gasteiger partial charge < -0.3 is 10.2 Å². The Bertz CT molecular complexity index is 728. The number of nitrogens with zero attached hydrogens (tertiary/aromatic N) is 3. The summed E-state index contributed by atoms with van der Waals surface area (Å²) < 4.78 is 0. The van der Waals surface area contributed by atoms with E-state index in [4.69, 9.17) is 0 Å². The molecule has 1 aliphatic heterocycles. The van der Waals surface area contributed by atoms with Crippen molar-refractivity contribution in [1.82, 2.24) is 15.5 Å². The van der Waals surface area contributed by atoms with Gasteiger partial charge in [0, 0.05) is 29.9 Å². The molecule has 0 aliphatic carbocycles. The molecule has 5 nitrogen and oxygen atoms in total. The van der Waals surface area contributed by atoms with Gasteiger partial charge in [0.15, 0.2) is 11.5 Å². The summed E-state index contributed by atoms with van der Waals surface area (Å²) in [5, 5.41) is 13.2.